The Bertz CT molecular complexity index is 503. The van der Waals surface area contributed by atoms with Gasteiger partial charge in [0.1, 0.15) is 0 Å². The minimum atomic E-state index is -4.70. The molecule has 9 N–H and O–H groups in total. The standard InChI is InChI=1S/C17H33N2O4P.2H3N/c1-6-19(7-2)17-11-14(24(21,22)23)8-9-15(17)16(10-12(3)4)18-13(5)20;;/h8,12,15-17H,6-7,9-11H2,1-5H3,(H,18,20)(H2,21,22,23);2*1H3. The van der Waals surface area contributed by atoms with E-state index >= 15 is 0 Å². The van der Waals surface area contributed by atoms with E-state index in [-0.39, 0.29) is 47.9 Å². The number of allylic oxidation sites excluding steroid dienone is 1. The van der Waals surface area contributed by atoms with Crippen LogP contribution in [0, 0.1) is 11.8 Å². The second kappa shape index (κ2) is 11.8. The number of nitrogens with one attached hydrogen (secondary N) is 1. The van der Waals surface area contributed by atoms with Gasteiger partial charge in [-0.3, -0.25) is 4.79 Å². The van der Waals surface area contributed by atoms with E-state index in [1.54, 1.807) is 6.08 Å². The van der Waals surface area contributed by atoms with Crippen LogP contribution in [0.4, 0.5) is 0 Å². The smallest absolute Gasteiger partial charge is 0.217 e. The Hall–Kier alpha value is -0.760. The number of nitrogens with zero attached hydrogens (tertiary/aromatic N) is 1. The lowest BCUT2D eigenvalue weighted by molar-refractivity contribution is -0.310. The van der Waals surface area contributed by atoms with Crippen molar-refractivity contribution in [3.63, 3.8) is 0 Å². The summed E-state index contributed by atoms with van der Waals surface area (Å²) in [5.74, 6) is 0.438. The first-order valence-electron chi connectivity index (χ1n) is 8.82. The molecule has 3 unspecified atom stereocenters. The highest BCUT2D eigenvalue weighted by atomic mass is 31.2. The molecule has 1 aliphatic rings. The first kappa shape index (κ1) is 27.5. The van der Waals surface area contributed by atoms with E-state index in [1.165, 1.54) is 6.92 Å². The van der Waals surface area contributed by atoms with E-state index in [2.05, 4.69) is 24.1 Å². The van der Waals surface area contributed by atoms with Crippen molar-refractivity contribution < 1.29 is 19.1 Å². The molecule has 26 heavy (non-hydrogen) atoms. The molecular weight excluding hydrogens is 355 g/mol. The zero-order valence-corrected chi connectivity index (χ0v) is 18.3. The molecule has 0 aromatic carbocycles. The van der Waals surface area contributed by atoms with Gasteiger partial charge in [-0.25, -0.2) is 0 Å². The van der Waals surface area contributed by atoms with Crippen molar-refractivity contribution in [1.29, 1.82) is 0 Å². The Morgan fingerprint density at radius 3 is 2.23 bits per heavy atom. The van der Waals surface area contributed by atoms with Gasteiger partial charge in [-0.15, -0.1) is 0 Å². The summed E-state index contributed by atoms with van der Waals surface area (Å²) in [4.78, 5) is 36.8. The van der Waals surface area contributed by atoms with Gasteiger partial charge in [0.15, 0.2) is 0 Å². The summed E-state index contributed by atoms with van der Waals surface area (Å²) in [7, 11) is -4.70. The highest BCUT2D eigenvalue weighted by Crippen LogP contribution is 2.45. The SMILES string of the molecule is CCN(CC)C1CC(P(=O)([O-])[O-])=CCC1C(CC(C)C)NC(C)=O.[NH4+].[NH4+]. The van der Waals surface area contributed by atoms with Crippen LogP contribution in [0.15, 0.2) is 11.4 Å². The van der Waals surface area contributed by atoms with Crippen LogP contribution in [0.5, 0.6) is 0 Å². The van der Waals surface area contributed by atoms with Gasteiger partial charge in [-0.05, 0) is 57.1 Å². The zero-order chi connectivity index (χ0) is 18.5. The van der Waals surface area contributed by atoms with Gasteiger partial charge in [-0.1, -0.05) is 33.8 Å². The fourth-order valence-corrected chi connectivity index (χ4v) is 4.48. The Morgan fingerprint density at radius 1 is 1.31 bits per heavy atom. The maximum Gasteiger partial charge on any atom is 0.217 e. The highest BCUT2D eigenvalue weighted by molar-refractivity contribution is 7.53. The molecule has 1 amide bonds. The van der Waals surface area contributed by atoms with Crippen molar-refractivity contribution in [2.75, 3.05) is 13.1 Å². The lowest BCUT2D eigenvalue weighted by Crippen LogP contribution is -2.52. The van der Waals surface area contributed by atoms with Gasteiger partial charge >= 0.3 is 0 Å². The summed E-state index contributed by atoms with van der Waals surface area (Å²) in [5.41, 5.74) is 0. The molecule has 0 aromatic heterocycles. The molecular formula is C17H39N4O4P. The summed E-state index contributed by atoms with van der Waals surface area (Å²) in [6, 6.07) is -0.0737. The van der Waals surface area contributed by atoms with Crippen LogP contribution in [-0.2, 0) is 9.36 Å². The molecule has 0 fully saturated rings. The molecule has 0 bridgehead atoms. The molecule has 0 aromatic rings. The normalized spacial score (nSPS) is 21.5. The van der Waals surface area contributed by atoms with Crippen LogP contribution in [0.2, 0.25) is 0 Å². The fourth-order valence-electron chi connectivity index (χ4n) is 3.74. The lowest BCUT2D eigenvalue weighted by atomic mass is 9.79. The molecule has 0 saturated carbocycles. The quantitative estimate of drug-likeness (QED) is 0.535. The number of carbonyl (C=O) groups is 1. The molecule has 0 aliphatic heterocycles. The third-order valence-corrected chi connectivity index (χ3v) is 5.87. The monoisotopic (exact) mass is 394 g/mol. The predicted molar refractivity (Wildman–Crippen MR) is 104 cm³/mol. The molecule has 8 nitrogen and oxygen atoms in total. The predicted octanol–water partition coefficient (Wildman–Crippen LogP) is 2.21. The van der Waals surface area contributed by atoms with Crippen LogP contribution in [0.25, 0.3) is 0 Å². The van der Waals surface area contributed by atoms with E-state index in [9.17, 15) is 19.1 Å². The Morgan fingerprint density at radius 2 is 1.85 bits per heavy atom. The number of rotatable bonds is 8. The summed E-state index contributed by atoms with van der Waals surface area (Å²) in [6.45, 7) is 11.3. The molecule has 3 atom stereocenters. The second-order valence-corrected chi connectivity index (χ2v) is 8.59. The van der Waals surface area contributed by atoms with Crippen molar-refractivity contribution in [3.05, 3.63) is 11.4 Å². The van der Waals surface area contributed by atoms with Crippen molar-refractivity contribution in [3.8, 4) is 0 Å². The lowest BCUT2D eigenvalue weighted by Gasteiger charge is -2.46. The summed E-state index contributed by atoms with van der Waals surface area (Å²) >= 11 is 0. The number of amides is 1. The first-order chi connectivity index (χ1) is 11.1. The van der Waals surface area contributed by atoms with Crippen LogP contribution >= 0.6 is 7.60 Å². The molecule has 0 spiro atoms. The number of hydrogen-bond donors (Lipinski definition) is 3. The summed E-state index contributed by atoms with van der Waals surface area (Å²) in [6.07, 6.45) is 3.14. The maximum atomic E-state index is 11.6. The fraction of sp³-hybridized carbons (Fsp3) is 0.824. The van der Waals surface area contributed by atoms with E-state index in [0.29, 0.717) is 12.3 Å². The van der Waals surface area contributed by atoms with E-state index in [4.69, 9.17) is 0 Å². The molecule has 1 rings (SSSR count). The number of quaternary nitrogens is 2. The average Bonchev–Trinajstić information content (AvgIpc) is 2.46. The van der Waals surface area contributed by atoms with Gasteiger partial charge in [0.05, 0.1) is 0 Å². The largest absolute Gasteiger partial charge is 0.808 e. The zero-order valence-electron chi connectivity index (χ0n) is 17.4. The van der Waals surface area contributed by atoms with E-state index in [0.717, 1.165) is 19.5 Å². The molecule has 0 heterocycles. The van der Waals surface area contributed by atoms with Gasteiger partial charge in [0, 0.05) is 19.0 Å². The van der Waals surface area contributed by atoms with Crippen molar-refractivity contribution >= 4 is 13.5 Å². The van der Waals surface area contributed by atoms with Crippen LogP contribution in [0.3, 0.4) is 0 Å². The Labute approximate surface area is 158 Å². The van der Waals surface area contributed by atoms with Crippen molar-refractivity contribution in [1.82, 2.24) is 22.5 Å². The van der Waals surface area contributed by atoms with Crippen molar-refractivity contribution in [2.45, 2.75) is 66.0 Å². The van der Waals surface area contributed by atoms with E-state index < -0.39 is 7.60 Å². The third-order valence-electron chi connectivity index (χ3n) is 4.80. The first-order valence-corrected chi connectivity index (χ1v) is 10.4. The minimum absolute atomic E-state index is 0. The van der Waals surface area contributed by atoms with E-state index in [1.807, 2.05) is 13.8 Å². The Balaban J connectivity index is 0. The molecule has 0 radical (unpaired) electrons. The molecule has 0 saturated heterocycles. The van der Waals surface area contributed by atoms with Crippen LogP contribution < -0.4 is 27.4 Å². The van der Waals surface area contributed by atoms with Crippen molar-refractivity contribution in [2.24, 2.45) is 11.8 Å². The summed E-state index contributed by atoms with van der Waals surface area (Å²) in [5, 5.41) is 3.06. The molecule has 156 valence electrons. The Kier molecular flexibility index (Phi) is 12.5. The van der Waals surface area contributed by atoms with Gasteiger partial charge in [0.25, 0.3) is 0 Å². The maximum absolute atomic E-state index is 11.6. The van der Waals surface area contributed by atoms with Crippen LogP contribution in [-0.4, -0.2) is 36.0 Å². The highest BCUT2D eigenvalue weighted by Gasteiger charge is 2.36. The topological polar surface area (TPSA) is 169 Å². The molecule has 9 heteroatoms. The molecule has 1 aliphatic carbocycles. The summed E-state index contributed by atoms with van der Waals surface area (Å²) < 4.78 is 11.5. The van der Waals surface area contributed by atoms with Gasteiger partial charge in [0.2, 0.25) is 5.91 Å². The number of hydrogen-bond acceptors (Lipinski definition) is 5. The van der Waals surface area contributed by atoms with Gasteiger partial charge < -0.3 is 36.9 Å². The average molecular weight is 394 g/mol. The third kappa shape index (κ3) is 7.86. The van der Waals surface area contributed by atoms with Crippen LogP contribution in [0.1, 0.15) is 53.9 Å². The second-order valence-electron chi connectivity index (χ2n) is 7.02. The van der Waals surface area contributed by atoms with Gasteiger partial charge in [-0.2, -0.15) is 0 Å². The number of carbonyl (C=O) groups excluding carboxylic acids is 1. The minimum Gasteiger partial charge on any atom is -0.808 e.